The Morgan fingerprint density at radius 1 is 1.78 bits per heavy atom. The lowest BCUT2D eigenvalue weighted by Crippen LogP contribution is -2.19. The lowest BCUT2D eigenvalue weighted by Gasteiger charge is -2.01. The molecule has 0 atom stereocenters. The third-order valence-corrected chi connectivity index (χ3v) is 0.857. The first-order valence-corrected chi connectivity index (χ1v) is 2.57. The molecule has 0 aliphatic heterocycles. The lowest BCUT2D eigenvalue weighted by atomic mass is 10.3. The van der Waals surface area contributed by atoms with Crippen LogP contribution in [-0.4, -0.2) is 11.2 Å². The second-order valence-electron chi connectivity index (χ2n) is 1.41. The van der Waals surface area contributed by atoms with Gasteiger partial charge in [-0.2, -0.15) is 8.78 Å². The van der Waals surface area contributed by atoms with Crippen LogP contribution in [0.5, 0.6) is 0 Å². The third kappa shape index (κ3) is 3.19. The Kier molecular flexibility index (Phi) is 2.77. The van der Waals surface area contributed by atoms with Gasteiger partial charge < -0.3 is 0 Å². The summed E-state index contributed by atoms with van der Waals surface area (Å²) in [6.45, 7) is 3.10. The van der Waals surface area contributed by atoms with E-state index in [4.69, 9.17) is 0 Å². The Labute approximate surface area is 56.3 Å². The van der Waals surface area contributed by atoms with Crippen LogP contribution in [0.3, 0.4) is 0 Å². The molecule has 0 aromatic rings. The van der Waals surface area contributed by atoms with Crippen LogP contribution in [0.1, 0.15) is 6.42 Å². The largest absolute Gasteiger partial charge is 0.380 e. The maximum absolute atomic E-state index is 11.7. The van der Waals surface area contributed by atoms with E-state index in [2.05, 4.69) is 18.2 Å². The average molecular weight is 155 g/mol. The van der Waals surface area contributed by atoms with Gasteiger partial charge in [0.05, 0.1) is 0 Å². The van der Waals surface area contributed by atoms with Crippen LogP contribution >= 0.6 is 11.6 Å². The molecule has 0 saturated carbocycles. The zero-order valence-corrected chi connectivity index (χ0v) is 5.29. The van der Waals surface area contributed by atoms with E-state index in [1.165, 1.54) is 0 Å². The molecule has 0 fully saturated rings. The van der Waals surface area contributed by atoms with Crippen molar-refractivity contribution >= 4 is 17.4 Å². The molecule has 0 heterocycles. The molecule has 0 aliphatic rings. The minimum Gasteiger partial charge on any atom is -0.291 e. The van der Waals surface area contributed by atoms with E-state index in [9.17, 15) is 13.6 Å². The van der Waals surface area contributed by atoms with E-state index in [1.54, 1.807) is 0 Å². The molecular weight excluding hydrogens is 150 g/mol. The van der Waals surface area contributed by atoms with Crippen molar-refractivity contribution in [3.63, 3.8) is 0 Å². The number of allylic oxidation sites excluding steroid dienone is 1. The topological polar surface area (TPSA) is 17.1 Å². The van der Waals surface area contributed by atoms with E-state index < -0.39 is 17.6 Å². The van der Waals surface area contributed by atoms with Gasteiger partial charge in [0, 0.05) is 6.42 Å². The highest BCUT2D eigenvalue weighted by Crippen LogP contribution is 2.21. The van der Waals surface area contributed by atoms with Crippen LogP contribution in [0.4, 0.5) is 8.78 Å². The smallest absolute Gasteiger partial charge is 0.291 e. The third-order valence-electron chi connectivity index (χ3n) is 0.646. The van der Waals surface area contributed by atoms with Crippen molar-refractivity contribution in [2.75, 3.05) is 0 Å². The normalized spacial score (nSPS) is 11.0. The summed E-state index contributed by atoms with van der Waals surface area (Å²) in [5, 5.41) is -3.73. The molecule has 0 radical (unpaired) electrons. The molecule has 0 bridgehead atoms. The van der Waals surface area contributed by atoms with Gasteiger partial charge in [0.2, 0.25) is 5.78 Å². The number of hydrogen-bond acceptors (Lipinski definition) is 1. The maximum Gasteiger partial charge on any atom is 0.380 e. The number of ketones is 1. The summed E-state index contributed by atoms with van der Waals surface area (Å²) in [4.78, 5) is 10.1. The van der Waals surface area contributed by atoms with Crippen LogP contribution < -0.4 is 0 Å². The quantitative estimate of drug-likeness (QED) is 0.449. The van der Waals surface area contributed by atoms with E-state index in [1.807, 2.05) is 0 Å². The molecule has 52 valence electrons. The molecule has 0 amide bonds. The maximum atomic E-state index is 11.7. The standard InChI is InChI=1S/C5H5ClF2O/c1-2-3-4(9)5(6,7)8/h2H,1,3H2. The number of halogens is 3. The molecule has 1 nitrogen and oxygen atoms in total. The molecule has 0 saturated heterocycles. The van der Waals surface area contributed by atoms with Crippen molar-refractivity contribution in [2.24, 2.45) is 0 Å². The first kappa shape index (κ1) is 8.56. The molecule has 0 aromatic heterocycles. The Morgan fingerprint density at radius 2 is 2.22 bits per heavy atom. The van der Waals surface area contributed by atoms with Crippen molar-refractivity contribution in [1.29, 1.82) is 0 Å². The molecule has 0 unspecified atom stereocenters. The molecule has 0 rings (SSSR count). The lowest BCUT2D eigenvalue weighted by molar-refractivity contribution is -0.132. The van der Waals surface area contributed by atoms with Gasteiger partial charge in [-0.3, -0.25) is 4.79 Å². The van der Waals surface area contributed by atoms with Crippen molar-refractivity contribution in [2.45, 2.75) is 11.8 Å². The van der Waals surface area contributed by atoms with E-state index in [0.717, 1.165) is 6.08 Å². The summed E-state index contributed by atoms with van der Waals surface area (Å²) in [6.07, 6.45) is 0.690. The summed E-state index contributed by atoms with van der Waals surface area (Å²) in [5.41, 5.74) is 0. The number of Topliss-reactive ketones (excluding diaryl/α,β-unsaturated/α-hetero) is 1. The molecule has 0 spiro atoms. The number of hydrogen-bond donors (Lipinski definition) is 0. The van der Waals surface area contributed by atoms with Gasteiger partial charge in [0.15, 0.2) is 0 Å². The first-order chi connectivity index (χ1) is 3.98. The number of carbonyl (C=O) groups is 1. The second kappa shape index (κ2) is 2.92. The van der Waals surface area contributed by atoms with Gasteiger partial charge in [0.1, 0.15) is 0 Å². The van der Waals surface area contributed by atoms with Gasteiger partial charge in [-0.25, -0.2) is 0 Å². The average Bonchev–Trinajstić information content (AvgIpc) is 1.64. The number of carbonyl (C=O) groups excluding carboxylic acids is 1. The number of rotatable bonds is 3. The monoisotopic (exact) mass is 154 g/mol. The zero-order valence-electron chi connectivity index (χ0n) is 4.53. The van der Waals surface area contributed by atoms with Gasteiger partial charge in [0.25, 0.3) is 0 Å². The van der Waals surface area contributed by atoms with Crippen molar-refractivity contribution in [3.05, 3.63) is 12.7 Å². The SMILES string of the molecule is C=CCC(=O)C(F)(F)Cl. The minimum absolute atomic E-state index is 0.392. The van der Waals surface area contributed by atoms with Crippen molar-refractivity contribution < 1.29 is 13.6 Å². The molecule has 9 heavy (non-hydrogen) atoms. The Balaban J connectivity index is 3.88. The fraction of sp³-hybridized carbons (Fsp3) is 0.400. The Bertz CT molecular complexity index is 127. The van der Waals surface area contributed by atoms with Gasteiger partial charge in [-0.15, -0.1) is 6.58 Å². The molecular formula is C5H5ClF2O. The van der Waals surface area contributed by atoms with E-state index >= 15 is 0 Å². The number of alkyl halides is 3. The van der Waals surface area contributed by atoms with E-state index in [-0.39, 0.29) is 0 Å². The first-order valence-electron chi connectivity index (χ1n) is 2.19. The van der Waals surface area contributed by atoms with Crippen LogP contribution in [0.2, 0.25) is 0 Å². The summed E-state index contributed by atoms with van der Waals surface area (Å²) in [7, 11) is 0. The molecule has 0 aliphatic carbocycles. The molecule has 0 N–H and O–H groups in total. The summed E-state index contributed by atoms with van der Waals surface area (Å²) in [6, 6.07) is 0. The van der Waals surface area contributed by atoms with Crippen LogP contribution in [0, 0.1) is 0 Å². The highest BCUT2D eigenvalue weighted by atomic mass is 35.5. The molecule has 4 heteroatoms. The second-order valence-corrected chi connectivity index (χ2v) is 1.89. The van der Waals surface area contributed by atoms with Crippen LogP contribution in [-0.2, 0) is 4.79 Å². The predicted molar refractivity (Wildman–Crippen MR) is 30.6 cm³/mol. The van der Waals surface area contributed by atoms with E-state index in [0.29, 0.717) is 0 Å². The van der Waals surface area contributed by atoms with Gasteiger partial charge in [-0.05, 0) is 11.6 Å². The predicted octanol–water partition coefficient (Wildman–Crippen LogP) is 1.96. The highest BCUT2D eigenvalue weighted by molar-refractivity contribution is 6.32. The summed E-state index contributed by atoms with van der Waals surface area (Å²) < 4.78 is 23.3. The Hall–Kier alpha value is -0.440. The van der Waals surface area contributed by atoms with Crippen molar-refractivity contribution in [1.82, 2.24) is 0 Å². The van der Waals surface area contributed by atoms with Gasteiger partial charge in [-0.1, -0.05) is 6.08 Å². The Morgan fingerprint density at radius 3 is 2.33 bits per heavy atom. The van der Waals surface area contributed by atoms with Crippen LogP contribution in [0.15, 0.2) is 12.7 Å². The van der Waals surface area contributed by atoms with Gasteiger partial charge >= 0.3 is 5.38 Å². The summed E-state index contributed by atoms with van der Waals surface area (Å²) in [5.74, 6) is -1.32. The fourth-order valence-corrected chi connectivity index (χ4v) is 0.324. The fourth-order valence-electron chi connectivity index (χ4n) is 0.247. The van der Waals surface area contributed by atoms with Crippen molar-refractivity contribution in [3.8, 4) is 0 Å². The highest BCUT2D eigenvalue weighted by Gasteiger charge is 2.33. The minimum atomic E-state index is -3.73. The summed E-state index contributed by atoms with van der Waals surface area (Å²) >= 11 is 4.33. The van der Waals surface area contributed by atoms with Crippen LogP contribution in [0.25, 0.3) is 0 Å². The zero-order chi connectivity index (χ0) is 7.49. The molecule has 0 aromatic carbocycles.